The molecule has 1 aliphatic heterocycles. The van der Waals surface area contributed by atoms with Gasteiger partial charge in [-0.2, -0.15) is 0 Å². The van der Waals surface area contributed by atoms with E-state index >= 15 is 0 Å². The number of hydrogen-bond donors (Lipinski definition) is 2. The molecule has 0 atom stereocenters. The van der Waals surface area contributed by atoms with Crippen molar-refractivity contribution in [3.05, 3.63) is 81.8 Å². The minimum absolute atomic E-state index is 0.0779. The molecule has 0 spiro atoms. The van der Waals surface area contributed by atoms with Crippen LogP contribution >= 0.6 is 0 Å². The summed E-state index contributed by atoms with van der Waals surface area (Å²) in [7, 11) is 1.56. The Morgan fingerprint density at radius 2 is 1.81 bits per heavy atom. The number of H-pyrrole nitrogens is 1. The first kappa shape index (κ1) is 20.4. The van der Waals surface area contributed by atoms with Crippen LogP contribution in [-0.4, -0.2) is 41.9 Å². The summed E-state index contributed by atoms with van der Waals surface area (Å²) >= 11 is 0. The van der Waals surface area contributed by atoms with Crippen molar-refractivity contribution in [2.75, 3.05) is 20.2 Å². The van der Waals surface area contributed by atoms with Crippen LogP contribution in [0.15, 0.2) is 65.1 Å². The smallest absolute Gasteiger partial charge is 0.270 e. The van der Waals surface area contributed by atoms with Gasteiger partial charge in [-0.15, -0.1) is 0 Å². The van der Waals surface area contributed by atoms with Gasteiger partial charge in [-0.3, -0.25) is 14.4 Å². The van der Waals surface area contributed by atoms with Gasteiger partial charge in [0.2, 0.25) is 0 Å². The highest BCUT2D eigenvalue weighted by Gasteiger charge is 2.23. The highest BCUT2D eigenvalue weighted by atomic mass is 16.5. The Balaban J connectivity index is 1.73. The van der Waals surface area contributed by atoms with Gasteiger partial charge >= 0.3 is 0 Å². The third-order valence-corrected chi connectivity index (χ3v) is 5.29. The molecule has 158 valence electrons. The molecule has 0 bridgehead atoms. The van der Waals surface area contributed by atoms with Crippen LogP contribution in [0.1, 0.15) is 28.8 Å². The number of nitrogens with one attached hydrogen (secondary N) is 2. The number of nitrogens with zero attached hydrogens (tertiary/aromatic N) is 1. The second-order valence-electron chi connectivity index (χ2n) is 7.38. The molecule has 1 aliphatic rings. The van der Waals surface area contributed by atoms with Crippen molar-refractivity contribution in [2.45, 2.75) is 12.8 Å². The first-order chi connectivity index (χ1) is 15.0. The summed E-state index contributed by atoms with van der Waals surface area (Å²) < 4.78 is 5.20. The zero-order valence-electron chi connectivity index (χ0n) is 17.2. The van der Waals surface area contributed by atoms with Crippen molar-refractivity contribution < 1.29 is 14.3 Å². The van der Waals surface area contributed by atoms with Gasteiger partial charge in [-0.1, -0.05) is 18.2 Å². The predicted octanol–water partition coefficient (Wildman–Crippen LogP) is 2.93. The van der Waals surface area contributed by atoms with Crippen molar-refractivity contribution in [2.24, 2.45) is 0 Å². The maximum atomic E-state index is 13.1. The first-order valence-corrected chi connectivity index (χ1v) is 10.1. The van der Waals surface area contributed by atoms with Gasteiger partial charge in [-0.05, 0) is 54.6 Å². The van der Waals surface area contributed by atoms with Crippen molar-refractivity contribution in [3.63, 3.8) is 0 Å². The quantitative estimate of drug-likeness (QED) is 0.625. The maximum absolute atomic E-state index is 13.1. The molecule has 0 unspecified atom stereocenters. The van der Waals surface area contributed by atoms with Crippen LogP contribution in [0.25, 0.3) is 17.0 Å². The lowest BCUT2D eigenvalue weighted by atomic mass is 10.1. The molecule has 1 aromatic heterocycles. The lowest BCUT2D eigenvalue weighted by Gasteiger charge is -2.18. The maximum Gasteiger partial charge on any atom is 0.270 e. The van der Waals surface area contributed by atoms with Crippen LogP contribution in [0.4, 0.5) is 0 Å². The van der Waals surface area contributed by atoms with E-state index in [1.54, 1.807) is 54.5 Å². The largest absolute Gasteiger partial charge is 0.497 e. The number of aromatic amines is 1. The number of ether oxygens (including phenoxy) is 1. The molecule has 0 saturated carbocycles. The Kier molecular flexibility index (Phi) is 5.84. The summed E-state index contributed by atoms with van der Waals surface area (Å²) in [5.74, 6) is -0.0659. The molecule has 7 heteroatoms. The van der Waals surface area contributed by atoms with Crippen LogP contribution in [-0.2, 0) is 4.79 Å². The topological polar surface area (TPSA) is 91.5 Å². The summed E-state index contributed by atoms with van der Waals surface area (Å²) in [5, 5.41) is 3.50. The lowest BCUT2D eigenvalue weighted by molar-refractivity contribution is -0.126. The molecular weight excluding hydrogens is 394 g/mol. The Morgan fingerprint density at radius 1 is 1.06 bits per heavy atom. The average molecular weight is 417 g/mol. The van der Waals surface area contributed by atoms with Crippen LogP contribution in [0.5, 0.6) is 5.75 Å². The van der Waals surface area contributed by atoms with Gasteiger partial charge in [0.1, 0.15) is 11.4 Å². The third kappa shape index (κ3) is 4.50. The molecule has 2 aromatic carbocycles. The molecular formula is C24H23N3O4. The van der Waals surface area contributed by atoms with Gasteiger partial charge < -0.3 is 19.9 Å². The Bertz CT molecular complexity index is 1210. The molecule has 7 nitrogen and oxygen atoms in total. The zero-order valence-corrected chi connectivity index (χ0v) is 17.2. The number of aromatic nitrogens is 1. The second-order valence-corrected chi connectivity index (χ2v) is 7.38. The second kappa shape index (κ2) is 8.87. The highest BCUT2D eigenvalue weighted by molar-refractivity contribution is 6.05. The normalized spacial score (nSPS) is 14.0. The number of benzene rings is 2. The number of rotatable bonds is 5. The summed E-state index contributed by atoms with van der Waals surface area (Å²) in [6, 6.07) is 15.7. The highest BCUT2D eigenvalue weighted by Crippen LogP contribution is 2.20. The van der Waals surface area contributed by atoms with Gasteiger partial charge in [-0.25, -0.2) is 0 Å². The van der Waals surface area contributed by atoms with E-state index in [-0.39, 0.29) is 22.7 Å². The number of carbonyl (C=O) groups excluding carboxylic acids is 2. The summed E-state index contributed by atoms with van der Waals surface area (Å²) in [6.45, 7) is 1.26. The Hall–Kier alpha value is -3.87. The van der Waals surface area contributed by atoms with Crippen LogP contribution in [0, 0.1) is 0 Å². The minimum atomic E-state index is -0.402. The number of pyridine rings is 1. The molecule has 0 radical (unpaired) electrons. The van der Waals surface area contributed by atoms with Gasteiger partial charge in [0, 0.05) is 30.3 Å². The van der Waals surface area contributed by atoms with Crippen LogP contribution in [0.2, 0.25) is 0 Å². The van der Waals surface area contributed by atoms with Crippen molar-refractivity contribution in [1.29, 1.82) is 0 Å². The molecule has 4 rings (SSSR count). The van der Waals surface area contributed by atoms with Gasteiger partial charge in [0.25, 0.3) is 17.4 Å². The summed E-state index contributed by atoms with van der Waals surface area (Å²) in [6.07, 6.45) is 3.29. The van der Waals surface area contributed by atoms with E-state index in [0.29, 0.717) is 29.9 Å². The zero-order chi connectivity index (χ0) is 21.8. The third-order valence-electron chi connectivity index (χ3n) is 5.29. The molecule has 0 aliphatic carbocycles. The molecule has 2 amide bonds. The van der Waals surface area contributed by atoms with E-state index in [2.05, 4.69) is 10.3 Å². The first-order valence-electron chi connectivity index (χ1n) is 10.1. The molecule has 1 fully saturated rings. The summed E-state index contributed by atoms with van der Waals surface area (Å²) in [4.78, 5) is 43.0. The van der Waals surface area contributed by atoms with E-state index in [1.807, 2.05) is 12.1 Å². The van der Waals surface area contributed by atoms with E-state index in [4.69, 9.17) is 4.74 Å². The lowest BCUT2D eigenvalue weighted by Crippen LogP contribution is -2.37. The minimum Gasteiger partial charge on any atom is -0.497 e. The van der Waals surface area contributed by atoms with Crippen LogP contribution < -0.4 is 15.6 Å². The SMILES string of the molecule is COc1ccc2cc(/C=C(\NC(=O)c3ccccc3)C(=O)N3CCCC3)c(=O)[nH]c2c1. The molecule has 31 heavy (non-hydrogen) atoms. The van der Waals surface area contributed by atoms with Crippen molar-refractivity contribution in [1.82, 2.24) is 15.2 Å². The van der Waals surface area contributed by atoms with Crippen molar-refractivity contribution >= 4 is 28.8 Å². The fourth-order valence-electron chi connectivity index (χ4n) is 3.61. The molecule has 1 saturated heterocycles. The fraction of sp³-hybridized carbons (Fsp3) is 0.208. The number of fused-ring (bicyclic) bond motifs is 1. The monoisotopic (exact) mass is 417 g/mol. The predicted molar refractivity (Wildman–Crippen MR) is 119 cm³/mol. The van der Waals surface area contributed by atoms with E-state index < -0.39 is 5.91 Å². The molecule has 2 heterocycles. The van der Waals surface area contributed by atoms with Crippen LogP contribution in [0.3, 0.4) is 0 Å². The molecule has 3 aromatic rings. The Labute approximate surface area is 179 Å². The average Bonchev–Trinajstić information content (AvgIpc) is 3.33. The number of hydrogen-bond acceptors (Lipinski definition) is 4. The van der Waals surface area contributed by atoms with E-state index in [0.717, 1.165) is 18.2 Å². The number of carbonyl (C=O) groups is 2. The molecule has 2 N–H and O–H groups in total. The fourth-order valence-corrected chi connectivity index (χ4v) is 3.61. The standard InChI is InChI=1S/C24H23N3O4/c1-31-19-10-9-17-13-18(23(29)25-20(17)15-19)14-21(24(30)27-11-5-6-12-27)26-22(28)16-7-3-2-4-8-16/h2-4,7-10,13-15H,5-6,11-12H2,1H3,(H,25,29)(H,26,28)/b21-14-. The Morgan fingerprint density at radius 3 is 2.52 bits per heavy atom. The van der Waals surface area contributed by atoms with Gasteiger partial charge in [0.15, 0.2) is 0 Å². The van der Waals surface area contributed by atoms with E-state index in [9.17, 15) is 14.4 Å². The number of methoxy groups -OCH3 is 1. The summed E-state index contributed by atoms with van der Waals surface area (Å²) in [5.41, 5.74) is 1.06. The van der Waals surface area contributed by atoms with E-state index in [1.165, 1.54) is 6.08 Å². The van der Waals surface area contributed by atoms with Gasteiger partial charge in [0.05, 0.1) is 12.6 Å². The van der Waals surface area contributed by atoms with Crippen molar-refractivity contribution in [3.8, 4) is 5.75 Å². The number of likely N-dealkylation sites (tertiary alicyclic amines) is 1. The number of amides is 2.